The van der Waals surface area contributed by atoms with Crippen molar-refractivity contribution < 1.29 is 14.6 Å². The van der Waals surface area contributed by atoms with Crippen LogP contribution in [0.15, 0.2) is 0 Å². The number of nitrogens with two attached hydrogens (primary N) is 2. The third kappa shape index (κ3) is 14.6. The van der Waals surface area contributed by atoms with Crippen molar-refractivity contribution >= 4 is 0 Å². The topological polar surface area (TPSA) is 129 Å². The first-order valence-corrected chi connectivity index (χ1v) is 3.80. The van der Waals surface area contributed by atoms with Crippen molar-refractivity contribution in [2.24, 2.45) is 11.7 Å². The summed E-state index contributed by atoms with van der Waals surface area (Å²) in [4.78, 5) is 0. The maximum Gasteiger partial charge on any atom is 0.0701 e. The van der Waals surface area contributed by atoms with Crippen LogP contribution in [0.3, 0.4) is 0 Å². The molecule has 0 bridgehead atoms. The molecule has 0 radical (unpaired) electrons. The van der Waals surface area contributed by atoms with Gasteiger partial charge in [0, 0.05) is 0 Å². The van der Waals surface area contributed by atoms with E-state index in [1.54, 1.807) is 0 Å². The third-order valence-corrected chi connectivity index (χ3v) is 1.10. The Labute approximate surface area is 78.1 Å². The average Bonchev–Trinajstić information content (AvgIpc) is 2.02. The predicted octanol–water partition coefficient (Wildman–Crippen LogP) is -1.78. The molecule has 0 aliphatic carbocycles. The van der Waals surface area contributed by atoms with E-state index in [-0.39, 0.29) is 12.8 Å². The Morgan fingerprint density at radius 1 is 1.00 bits per heavy atom. The Morgan fingerprint density at radius 2 is 1.54 bits per heavy atom. The van der Waals surface area contributed by atoms with Gasteiger partial charge in [0.05, 0.1) is 39.6 Å². The molecular weight excluding hydrogens is 176 g/mol. The molecule has 0 aliphatic rings. The number of aliphatic hydroxyl groups excluding tert-OH is 1. The lowest BCUT2D eigenvalue weighted by molar-refractivity contribution is 0.0264. The first kappa shape index (κ1) is 15.2. The largest absolute Gasteiger partial charge is 0.394 e. The van der Waals surface area contributed by atoms with Gasteiger partial charge in [0.2, 0.25) is 0 Å². The lowest BCUT2D eigenvalue weighted by Gasteiger charge is -2.09. The zero-order valence-corrected chi connectivity index (χ0v) is 7.82. The molecule has 13 heavy (non-hydrogen) atoms. The van der Waals surface area contributed by atoms with Crippen molar-refractivity contribution in [2.45, 2.75) is 0 Å². The number of nitrogens with zero attached hydrogens (tertiary/aromatic N) is 1. The zero-order chi connectivity index (χ0) is 9.23. The molecule has 0 atom stereocenters. The zero-order valence-electron chi connectivity index (χ0n) is 7.82. The predicted molar refractivity (Wildman–Crippen MR) is 48.8 cm³/mol. The van der Waals surface area contributed by atoms with Crippen LogP contribution in [0.4, 0.5) is 0 Å². The number of rotatable bonds is 8. The first-order chi connectivity index (χ1) is 5.77. The monoisotopic (exact) mass is 196 g/mol. The molecule has 0 aliphatic heterocycles. The molecule has 0 aromatic rings. The van der Waals surface area contributed by atoms with Crippen molar-refractivity contribution in [3.8, 4) is 0 Å². The van der Waals surface area contributed by atoms with Crippen molar-refractivity contribution in [3.63, 3.8) is 0 Å². The van der Waals surface area contributed by atoms with E-state index in [1.807, 2.05) is 0 Å². The minimum absolute atomic E-state index is 0. The van der Waals surface area contributed by atoms with Crippen LogP contribution < -0.4 is 17.8 Å². The molecule has 0 heterocycles. The summed E-state index contributed by atoms with van der Waals surface area (Å²) in [5.41, 5.74) is 0. The van der Waals surface area contributed by atoms with Gasteiger partial charge < -0.3 is 20.7 Å². The molecule has 0 spiro atoms. The van der Waals surface area contributed by atoms with Crippen LogP contribution in [0.25, 0.3) is 0 Å². The highest BCUT2D eigenvalue weighted by Crippen LogP contribution is 1.78. The molecule has 0 saturated carbocycles. The van der Waals surface area contributed by atoms with Crippen molar-refractivity contribution in [3.05, 3.63) is 0 Å². The Hall–Kier alpha value is -0.280. The van der Waals surface area contributed by atoms with E-state index in [0.717, 1.165) is 5.12 Å². The highest BCUT2D eigenvalue weighted by Gasteiger charge is 1.91. The van der Waals surface area contributed by atoms with Gasteiger partial charge in [-0.2, -0.15) is 5.12 Å². The normalized spacial score (nSPS) is 10.2. The summed E-state index contributed by atoms with van der Waals surface area (Å²) in [6.07, 6.45) is 0. The van der Waals surface area contributed by atoms with E-state index in [1.165, 1.54) is 0 Å². The average molecular weight is 196 g/mol. The third-order valence-electron chi connectivity index (χ3n) is 1.10. The van der Waals surface area contributed by atoms with Crippen LogP contribution in [0.5, 0.6) is 0 Å². The molecule has 0 saturated heterocycles. The molecule has 0 fully saturated rings. The van der Waals surface area contributed by atoms with Gasteiger partial charge in [-0.3, -0.25) is 11.7 Å². The van der Waals surface area contributed by atoms with E-state index in [4.69, 9.17) is 26.3 Å². The molecule has 0 rings (SSSR count). The first-order valence-electron chi connectivity index (χ1n) is 3.80. The SMILES string of the molecule is N.NN(N)CCOCCOCCO. The molecular formula is C6H20N4O3. The van der Waals surface area contributed by atoms with Crippen LogP contribution >= 0.6 is 0 Å². The maximum atomic E-state index is 8.34. The molecule has 0 aromatic carbocycles. The van der Waals surface area contributed by atoms with Gasteiger partial charge in [-0.25, -0.2) is 0 Å². The second-order valence-electron chi connectivity index (χ2n) is 2.19. The fourth-order valence-corrected chi connectivity index (χ4v) is 0.556. The van der Waals surface area contributed by atoms with Crippen LogP contribution in [0.1, 0.15) is 0 Å². The van der Waals surface area contributed by atoms with Crippen molar-refractivity contribution in [1.29, 1.82) is 0 Å². The fraction of sp³-hybridized carbons (Fsp3) is 1.00. The second kappa shape index (κ2) is 11.7. The molecule has 82 valence electrons. The van der Waals surface area contributed by atoms with Gasteiger partial charge in [0.1, 0.15) is 0 Å². The molecule has 8 N–H and O–H groups in total. The minimum atomic E-state index is 0. The second-order valence-corrected chi connectivity index (χ2v) is 2.19. The van der Waals surface area contributed by atoms with Gasteiger partial charge in [0.25, 0.3) is 0 Å². The molecule has 0 unspecified atom stereocenters. The standard InChI is InChI=1S/C6H17N3O3.H3N/c7-9(8)1-3-11-5-6-12-4-2-10;/h10H,1-8H2;1H3. The summed E-state index contributed by atoms with van der Waals surface area (Å²) in [6, 6.07) is 0. The van der Waals surface area contributed by atoms with Crippen LogP contribution in [0.2, 0.25) is 0 Å². The number of ether oxygens (including phenoxy) is 2. The van der Waals surface area contributed by atoms with Crippen LogP contribution in [0, 0.1) is 0 Å². The smallest absolute Gasteiger partial charge is 0.0701 e. The lowest BCUT2D eigenvalue weighted by Crippen LogP contribution is -2.40. The van der Waals surface area contributed by atoms with Crippen molar-refractivity contribution in [2.75, 3.05) is 39.6 Å². The van der Waals surface area contributed by atoms with E-state index in [2.05, 4.69) is 0 Å². The van der Waals surface area contributed by atoms with Gasteiger partial charge in [-0.1, -0.05) is 0 Å². The van der Waals surface area contributed by atoms with Gasteiger partial charge in [-0.05, 0) is 0 Å². The summed E-state index contributed by atoms with van der Waals surface area (Å²) in [5.74, 6) is 10.2. The van der Waals surface area contributed by atoms with Gasteiger partial charge >= 0.3 is 0 Å². The fourth-order valence-electron chi connectivity index (χ4n) is 0.556. The van der Waals surface area contributed by atoms with E-state index < -0.39 is 0 Å². The van der Waals surface area contributed by atoms with E-state index >= 15 is 0 Å². The summed E-state index contributed by atoms with van der Waals surface area (Å²) in [5, 5.41) is 9.40. The minimum Gasteiger partial charge on any atom is -0.394 e. The summed E-state index contributed by atoms with van der Waals surface area (Å²) >= 11 is 0. The van der Waals surface area contributed by atoms with Crippen LogP contribution in [-0.4, -0.2) is 49.8 Å². The summed E-state index contributed by atoms with van der Waals surface area (Å²) in [6.45, 7) is 2.33. The maximum absolute atomic E-state index is 8.34. The Morgan fingerprint density at radius 3 is 2.00 bits per heavy atom. The van der Waals surface area contributed by atoms with E-state index in [0.29, 0.717) is 33.0 Å². The van der Waals surface area contributed by atoms with E-state index in [9.17, 15) is 0 Å². The molecule has 0 amide bonds. The summed E-state index contributed by atoms with van der Waals surface area (Å²) < 4.78 is 10.0. The van der Waals surface area contributed by atoms with Crippen LogP contribution in [-0.2, 0) is 9.47 Å². The lowest BCUT2D eigenvalue weighted by atomic mass is 10.7. The number of hydrogen-bond acceptors (Lipinski definition) is 7. The number of hydrazine groups is 2. The van der Waals surface area contributed by atoms with Gasteiger partial charge in [-0.15, -0.1) is 0 Å². The number of aliphatic hydroxyl groups is 1. The summed E-state index contributed by atoms with van der Waals surface area (Å²) in [7, 11) is 0. The quantitative estimate of drug-likeness (QED) is 0.205. The highest BCUT2D eigenvalue weighted by atomic mass is 16.5. The van der Waals surface area contributed by atoms with Gasteiger partial charge in [0.15, 0.2) is 0 Å². The Kier molecular flexibility index (Phi) is 13.7. The Balaban J connectivity index is 0. The van der Waals surface area contributed by atoms with Crippen molar-refractivity contribution in [1.82, 2.24) is 11.3 Å². The molecule has 0 aromatic heterocycles. The number of hydrogen-bond donors (Lipinski definition) is 4. The molecule has 7 nitrogen and oxygen atoms in total. The Bertz CT molecular complexity index is 93.9. The molecule has 7 heteroatoms. The highest BCUT2D eigenvalue weighted by molar-refractivity contribution is 4.36.